The number of aromatic nitrogens is 2. The molecule has 1 heterocycles. The van der Waals surface area contributed by atoms with Crippen LogP contribution in [0.2, 0.25) is 0 Å². The van der Waals surface area contributed by atoms with Gasteiger partial charge in [-0.2, -0.15) is 0 Å². The first-order valence-corrected chi connectivity index (χ1v) is 5.48. The molecular formula is C9H14N2O2S. The van der Waals surface area contributed by atoms with E-state index >= 15 is 0 Å². The van der Waals surface area contributed by atoms with Crippen LogP contribution in [-0.2, 0) is 9.53 Å². The number of nitrogens with zero attached hydrogens (tertiary/aromatic N) is 2. The third-order valence-electron chi connectivity index (χ3n) is 1.79. The molecule has 0 spiro atoms. The number of hydrogen-bond acceptors (Lipinski definition) is 4. The van der Waals surface area contributed by atoms with Crippen LogP contribution in [0.25, 0.3) is 0 Å². The average Bonchev–Trinajstić information content (AvgIpc) is 2.69. The van der Waals surface area contributed by atoms with Crippen molar-refractivity contribution < 1.29 is 9.53 Å². The quantitative estimate of drug-likeness (QED) is 0.700. The van der Waals surface area contributed by atoms with Gasteiger partial charge in [0.05, 0.1) is 25.2 Å². The van der Waals surface area contributed by atoms with E-state index in [2.05, 4.69) is 16.6 Å². The summed E-state index contributed by atoms with van der Waals surface area (Å²) in [5.41, 5.74) is 0. The molecule has 1 rings (SSSR count). The summed E-state index contributed by atoms with van der Waals surface area (Å²) < 4.78 is 6.56. The second kappa shape index (κ2) is 5.70. The number of carbonyl (C=O) groups is 1. The molecule has 78 valence electrons. The van der Waals surface area contributed by atoms with Crippen molar-refractivity contribution in [2.75, 3.05) is 12.9 Å². The fraction of sp³-hybridized carbons (Fsp3) is 0.556. The first kappa shape index (κ1) is 11.1. The van der Waals surface area contributed by atoms with Gasteiger partial charge in [-0.3, -0.25) is 4.79 Å². The first-order valence-electron chi connectivity index (χ1n) is 4.43. The van der Waals surface area contributed by atoms with Crippen LogP contribution in [0.4, 0.5) is 0 Å². The zero-order valence-corrected chi connectivity index (χ0v) is 9.16. The molecule has 4 nitrogen and oxygen atoms in total. The van der Waals surface area contributed by atoms with E-state index in [-0.39, 0.29) is 11.3 Å². The smallest absolute Gasteiger partial charge is 0.308 e. The molecule has 1 aromatic heterocycles. The standard InChI is InChI=1S/C9H14N2O2S/c1-3-14-8(6-9(12)13-2)11-5-4-10-7-11/h4-5,7-8H,3,6H2,1-2H3. The van der Waals surface area contributed by atoms with Crippen LogP contribution in [0.5, 0.6) is 0 Å². The van der Waals surface area contributed by atoms with Crippen molar-refractivity contribution in [2.24, 2.45) is 0 Å². The Balaban J connectivity index is 2.60. The molecule has 14 heavy (non-hydrogen) atoms. The SMILES string of the molecule is CCSC(CC(=O)OC)n1ccnc1. The summed E-state index contributed by atoms with van der Waals surface area (Å²) in [5.74, 6) is 0.768. The molecule has 1 unspecified atom stereocenters. The predicted octanol–water partition coefficient (Wildman–Crippen LogP) is 1.70. The Morgan fingerprint density at radius 3 is 3.00 bits per heavy atom. The van der Waals surface area contributed by atoms with Gasteiger partial charge in [-0.1, -0.05) is 6.92 Å². The number of methoxy groups -OCH3 is 1. The van der Waals surface area contributed by atoms with Crippen molar-refractivity contribution in [1.82, 2.24) is 9.55 Å². The first-order chi connectivity index (χ1) is 6.77. The summed E-state index contributed by atoms with van der Waals surface area (Å²) in [6, 6.07) is 0. The Labute approximate surface area is 87.7 Å². The Morgan fingerprint density at radius 2 is 2.50 bits per heavy atom. The molecule has 0 aromatic carbocycles. The predicted molar refractivity (Wildman–Crippen MR) is 56.0 cm³/mol. The van der Waals surface area contributed by atoms with Gasteiger partial charge in [0.1, 0.15) is 0 Å². The number of ether oxygens (including phenoxy) is 1. The molecular weight excluding hydrogens is 200 g/mol. The lowest BCUT2D eigenvalue weighted by Crippen LogP contribution is -2.11. The van der Waals surface area contributed by atoms with Gasteiger partial charge in [0.25, 0.3) is 0 Å². The third-order valence-corrected chi connectivity index (χ3v) is 2.91. The summed E-state index contributed by atoms with van der Waals surface area (Å²) in [6.07, 6.45) is 5.67. The molecule has 0 N–H and O–H groups in total. The van der Waals surface area contributed by atoms with Crippen molar-refractivity contribution >= 4 is 17.7 Å². The van der Waals surface area contributed by atoms with Crippen molar-refractivity contribution in [3.8, 4) is 0 Å². The van der Waals surface area contributed by atoms with E-state index in [1.54, 1.807) is 24.3 Å². The van der Waals surface area contributed by atoms with E-state index in [1.165, 1.54) is 7.11 Å². The Kier molecular flexibility index (Phi) is 4.52. The van der Waals surface area contributed by atoms with Crippen LogP contribution in [0, 0.1) is 0 Å². The van der Waals surface area contributed by atoms with Gasteiger partial charge in [-0.15, -0.1) is 11.8 Å². The topological polar surface area (TPSA) is 44.1 Å². The van der Waals surface area contributed by atoms with Crippen molar-refractivity contribution in [3.05, 3.63) is 18.7 Å². The minimum absolute atomic E-state index is 0.0925. The number of imidazole rings is 1. The summed E-state index contributed by atoms with van der Waals surface area (Å²) in [5, 5.41) is 0.0925. The molecule has 1 atom stereocenters. The van der Waals surface area contributed by atoms with Gasteiger partial charge in [0.15, 0.2) is 0 Å². The molecule has 0 radical (unpaired) electrons. The zero-order valence-electron chi connectivity index (χ0n) is 8.34. The number of hydrogen-bond donors (Lipinski definition) is 0. The summed E-state index contributed by atoms with van der Waals surface area (Å²) in [7, 11) is 1.41. The van der Waals surface area contributed by atoms with E-state index < -0.39 is 0 Å². The van der Waals surface area contributed by atoms with Gasteiger partial charge >= 0.3 is 5.97 Å². The van der Waals surface area contributed by atoms with E-state index in [0.717, 1.165) is 5.75 Å². The maximum Gasteiger partial charge on any atom is 0.308 e. The van der Waals surface area contributed by atoms with E-state index in [4.69, 9.17) is 0 Å². The van der Waals surface area contributed by atoms with Gasteiger partial charge in [-0.25, -0.2) is 4.98 Å². The fourth-order valence-corrected chi connectivity index (χ4v) is 2.04. The molecule has 1 aromatic rings. The van der Waals surface area contributed by atoms with Gasteiger partial charge in [0.2, 0.25) is 0 Å². The highest BCUT2D eigenvalue weighted by Crippen LogP contribution is 2.25. The fourth-order valence-electron chi connectivity index (χ4n) is 1.11. The van der Waals surface area contributed by atoms with Crippen LogP contribution >= 0.6 is 11.8 Å². The zero-order chi connectivity index (χ0) is 10.4. The van der Waals surface area contributed by atoms with Gasteiger partial charge in [0, 0.05) is 12.4 Å². The van der Waals surface area contributed by atoms with Crippen LogP contribution in [-0.4, -0.2) is 28.4 Å². The monoisotopic (exact) mass is 214 g/mol. The van der Waals surface area contributed by atoms with Crippen molar-refractivity contribution in [2.45, 2.75) is 18.7 Å². The molecule has 0 aliphatic carbocycles. The third kappa shape index (κ3) is 3.06. The largest absolute Gasteiger partial charge is 0.469 e. The van der Waals surface area contributed by atoms with Gasteiger partial charge < -0.3 is 9.30 Å². The van der Waals surface area contributed by atoms with E-state index in [1.807, 2.05) is 10.8 Å². The van der Waals surface area contributed by atoms with Crippen LogP contribution < -0.4 is 0 Å². The molecule has 5 heteroatoms. The lowest BCUT2D eigenvalue weighted by atomic mass is 10.4. The number of thioether (sulfide) groups is 1. The van der Waals surface area contributed by atoms with Crippen LogP contribution in [0.15, 0.2) is 18.7 Å². The summed E-state index contributed by atoms with van der Waals surface area (Å²) >= 11 is 1.70. The maximum absolute atomic E-state index is 11.1. The Morgan fingerprint density at radius 1 is 1.71 bits per heavy atom. The number of esters is 1. The molecule has 0 fully saturated rings. The lowest BCUT2D eigenvalue weighted by molar-refractivity contribution is -0.140. The highest BCUT2D eigenvalue weighted by Gasteiger charge is 2.14. The minimum atomic E-state index is -0.190. The summed E-state index contributed by atoms with van der Waals surface area (Å²) in [4.78, 5) is 15.1. The van der Waals surface area contributed by atoms with Gasteiger partial charge in [-0.05, 0) is 5.75 Å². The normalized spacial score (nSPS) is 12.4. The second-order valence-corrected chi connectivity index (χ2v) is 4.15. The highest BCUT2D eigenvalue weighted by atomic mass is 32.2. The highest BCUT2D eigenvalue weighted by molar-refractivity contribution is 7.99. The number of rotatable bonds is 5. The Bertz CT molecular complexity index is 274. The average molecular weight is 214 g/mol. The van der Waals surface area contributed by atoms with Crippen LogP contribution in [0.3, 0.4) is 0 Å². The maximum atomic E-state index is 11.1. The van der Waals surface area contributed by atoms with E-state index in [0.29, 0.717) is 6.42 Å². The molecule has 0 amide bonds. The summed E-state index contributed by atoms with van der Waals surface area (Å²) in [6.45, 7) is 2.06. The van der Waals surface area contributed by atoms with E-state index in [9.17, 15) is 4.79 Å². The molecule has 0 saturated heterocycles. The minimum Gasteiger partial charge on any atom is -0.469 e. The second-order valence-electron chi connectivity index (χ2n) is 2.70. The lowest BCUT2D eigenvalue weighted by Gasteiger charge is -2.15. The Hall–Kier alpha value is -0.970. The molecule has 0 bridgehead atoms. The molecule has 0 aliphatic rings. The molecule has 0 aliphatic heterocycles. The van der Waals surface area contributed by atoms with Crippen molar-refractivity contribution in [3.63, 3.8) is 0 Å². The number of carbonyl (C=O) groups excluding carboxylic acids is 1. The van der Waals surface area contributed by atoms with Crippen LogP contribution in [0.1, 0.15) is 18.7 Å². The van der Waals surface area contributed by atoms with Crippen molar-refractivity contribution in [1.29, 1.82) is 0 Å². The molecule has 0 saturated carbocycles.